The molecule has 0 aliphatic heterocycles. The molecule has 0 rings (SSSR count). The summed E-state index contributed by atoms with van der Waals surface area (Å²) in [6.45, 7) is 8.76. The van der Waals surface area contributed by atoms with Gasteiger partial charge in [0.25, 0.3) is 6.02 Å². The predicted octanol–water partition coefficient (Wildman–Crippen LogP) is 1.63. The van der Waals surface area contributed by atoms with Crippen molar-refractivity contribution in [3.8, 4) is 0 Å². The van der Waals surface area contributed by atoms with Gasteiger partial charge in [-0.1, -0.05) is 27.7 Å². The van der Waals surface area contributed by atoms with E-state index in [0.29, 0.717) is 12.5 Å². The average Bonchev–Trinajstić information content (AvgIpc) is 2.04. The van der Waals surface area contributed by atoms with Crippen LogP contribution in [0, 0.1) is 5.92 Å². The van der Waals surface area contributed by atoms with Gasteiger partial charge in [-0.3, -0.25) is 0 Å². The first-order chi connectivity index (χ1) is 5.16. The van der Waals surface area contributed by atoms with Crippen molar-refractivity contribution >= 4 is 6.02 Å². The van der Waals surface area contributed by atoms with Crippen LogP contribution < -0.4 is 5.73 Å². The number of amidine groups is 1. The van der Waals surface area contributed by atoms with Crippen LogP contribution in [0.1, 0.15) is 27.7 Å². The van der Waals surface area contributed by atoms with Crippen LogP contribution in [0.5, 0.6) is 0 Å². The Balaban J connectivity index is 0. The molecule has 0 heterocycles. The molecule has 11 heavy (non-hydrogen) atoms. The van der Waals surface area contributed by atoms with Crippen molar-refractivity contribution in [2.45, 2.75) is 27.7 Å². The molecule has 0 saturated heterocycles. The molecule has 0 saturated carbocycles. The summed E-state index contributed by atoms with van der Waals surface area (Å²) in [4.78, 5) is 3.63. The number of hydrogen-bond donors (Lipinski definition) is 1. The minimum absolute atomic E-state index is 0.267. The first-order valence-corrected chi connectivity index (χ1v) is 4.02. The fourth-order valence-electron chi connectivity index (χ4n) is 0.317. The summed E-state index contributed by atoms with van der Waals surface area (Å²) < 4.78 is 4.98. The second-order valence-corrected chi connectivity index (χ2v) is 2.27. The van der Waals surface area contributed by atoms with Gasteiger partial charge >= 0.3 is 0 Å². The SMILES string of the molecule is CC.CN=C(N)OCC(C)C. The van der Waals surface area contributed by atoms with Gasteiger partial charge in [0.15, 0.2) is 0 Å². The summed E-state index contributed by atoms with van der Waals surface area (Å²) in [6, 6.07) is 0.267. The molecular weight excluding hydrogens is 140 g/mol. The van der Waals surface area contributed by atoms with Crippen LogP contribution in [0.15, 0.2) is 4.99 Å². The van der Waals surface area contributed by atoms with E-state index in [9.17, 15) is 0 Å². The first-order valence-electron chi connectivity index (χ1n) is 4.02. The lowest BCUT2D eigenvalue weighted by Crippen LogP contribution is -2.18. The number of aliphatic imine (C=N–C) groups is 1. The Labute approximate surface area is 69.6 Å². The quantitative estimate of drug-likeness (QED) is 0.493. The van der Waals surface area contributed by atoms with Gasteiger partial charge < -0.3 is 10.5 Å². The lowest BCUT2D eigenvalue weighted by Gasteiger charge is -2.05. The van der Waals surface area contributed by atoms with Gasteiger partial charge in [0.05, 0.1) is 6.61 Å². The van der Waals surface area contributed by atoms with Crippen LogP contribution in [0.4, 0.5) is 0 Å². The van der Waals surface area contributed by atoms with Gasteiger partial charge in [0.1, 0.15) is 0 Å². The number of nitrogens with two attached hydrogens (primary N) is 1. The lowest BCUT2D eigenvalue weighted by molar-refractivity contribution is 0.254. The molecule has 3 nitrogen and oxygen atoms in total. The van der Waals surface area contributed by atoms with Crippen molar-refractivity contribution < 1.29 is 4.74 Å². The maximum Gasteiger partial charge on any atom is 0.281 e. The maximum absolute atomic E-state index is 5.25. The summed E-state index contributed by atoms with van der Waals surface area (Å²) in [5.41, 5.74) is 5.25. The van der Waals surface area contributed by atoms with Crippen molar-refractivity contribution in [3.63, 3.8) is 0 Å². The predicted molar refractivity (Wildman–Crippen MR) is 49.7 cm³/mol. The molecular formula is C8H20N2O. The first kappa shape index (κ1) is 12.9. The lowest BCUT2D eigenvalue weighted by atomic mass is 10.2. The Morgan fingerprint density at radius 2 is 1.91 bits per heavy atom. The van der Waals surface area contributed by atoms with E-state index in [1.165, 1.54) is 0 Å². The Kier molecular flexibility index (Phi) is 10.9. The molecule has 0 radical (unpaired) electrons. The van der Waals surface area contributed by atoms with E-state index in [0.717, 1.165) is 0 Å². The zero-order valence-corrected chi connectivity index (χ0v) is 8.22. The fourth-order valence-corrected chi connectivity index (χ4v) is 0.317. The van der Waals surface area contributed by atoms with Crippen LogP contribution >= 0.6 is 0 Å². The van der Waals surface area contributed by atoms with Crippen molar-refractivity contribution in [2.75, 3.05) is 13.7 Å². The molecule has 0 bridgehead atoms. The normalized spacial score (nSPS) is 10.5. The Hall–Kier alpha value is -0.730. The summed E-state index contributed by atoms with van der Waals surface area (Å²) >= 11 is 0. The highest BCUT2D eigenvalue weighted by Crippen LogP contribution is 1.90. The van der Waals surface area contributed by atoms with Gasteiger partial charge in [-0.25, -0.2) is 4.99 Å². The van der Waals surface area contributed by atoms with Gasteiger partial charge in [0, 0.05) is 7.05 Å². The topological polar surface area (TPSA) is 47.6 Å². The third kappa shape index (κ3) is 12.5. The Morgan fingerprint density at radius 3 is 2.18 bits per heavy atom. The molecule has 0 aliphatic carbocycles. The van der Waals surface area contributed by atoms with Crippen molar-refractivity contribution in [1.82, 2.24) is 0 Å². The number of rotatable bonds is 2. The Bertz CT molecular complexity index is 100. The molecule has 0 aromatic carbocycles. The summed E-state index contributed by atoms with van der Waals surface area (Å²) in [6.07, 6.45) is 0. The van der Waals surface area contributed by atoms with Gasteiger partial charge in [0.2, 0.25) is 0 Å². The van der Waals surface area contributed by atoms with Crippen LogP contribution in [-0.4, -0.2) is 19.7 Å². The molecule has 68 valence electrons. The molecule has 0 aromatic rings. The van der Waals surface area contributed by atoms with Crippen molar-refractivity contribution in [1.29, 1.82) is 0 Å². The van der Waals surface area contributed by atoms with Crippen LogP contribution in [-0.2, 0) is 4.74 Å². The summed E-state index contributed by atoms with van der Waals surface area (Å²) in [5, 5.41) is 0. The summed E-state index contributed by atoms with van der Waals surface area (Å²) in [5.74, 6) is 0.505. The van der Waals surface area contributed by atoms with Gasteiger partial charge in [-0.05, 0) is 5.92 Å². The molecule has 0 unspecified atom stereocenters. The molecule has 0 aliphatic rings. The van der Waals surface area contributed by atoms with Crippen molar-refractivity contribution in [2.24, 2.45) is 16.6 Å². The zero-order chi connectivity index (χ0) is 9.28. The molecule has 0 spiro atoms. The smallest absolute Gasteiger partial charge is 0.281 e. The van der Waals surface area contributed by atoms with E-state index in [2.05, 4.69) is 18.8 Å². The number of ether oxygens (including phenoxy) is 1. The number of nitrogens with zero attached hydrogens (tertiary/aromatic N) is 1. The largest absolute Gasteiger partial charge is 0.465 e. The molecule has 0 aromatic heterocycles. The standard InChI is InChI=1S/C6H14N2O.C2H6/c1-5(2)4-9-6(7)8-3;1-2/h5H,4H2,1-3H3,(H2,7,8);1-2H3. The van der Waals surface area contributed by atoms with E-state index in [-0.39, 0.29) is 6.02 Å². The zero-order valence-electron chi connectivity index (χ0n) is 8.22. The maximum atomic E-state index is 5.25. The minimum Gasteiger partial charge on any atom is -0.465 e. The molecule has 2 N–H and O–H groups in total. The van der Waals surface area contributed by atoms with Crippen molar-refractivity contribution in [3.05, 3.63) is 0 Å². The minimum atomic E-state index is 0.267. The van der Waals surface area contributed by atoms with Crippen LogP contribution in [0.3, 0.4) is 0 Å². The third-order valence-corrected chi connectivity index (χ3v) is 0.785. The molecule has 0 amide bonds. The van der Waals surface area contributed by atoms with E-state index < -0.39 is 0 Å². The van der Waals surface area contributed by atoms with E-state index in [1.807, 2.05) is 13.8 Å². The second kappa shape index (κ2) is 9.27. The van der Waals surface area contributed by atoms with Gasteiger partial charge in [-0.2, -0.15) is 0 Å². The van der Waals surface area contributed by atoms with E-state index in [4.69, 9.17) is 10.5 Å². The third-order valence-electron chi connectivity index (χ3n) is 0.785. The Morgan fingerprint density at radius 1 is 1.45 bits per heavy atom. The monoisotopic (exact) mass is 160 g/mol. The van der Waals surface area contributed by atoms with Crippen LogP contribution in [0.2, 0.25) is 0 Å². The van der Waals surface area contributed by atoms with E-state index >= 15 is 0 Å². The van der Waals surface area contributed by atoms with Crippen LogP contribution in [0.25, 0.3) is 0 Å². The molecule has 0 fully saturated rings. The second-order valence-electron chi connectivity index (χ2n) is 2.27. The highest BCUT2D eigenvalue weighted by Gasteiger charge is 1.94. The van der Waals surface area contributed by atoms with Gasteiger partial charge in [-0.15, -0.1) is 0 Å². The highest BCUT2D eigenvalue weighted by atomic mass is 16.5. The fraction of sp³-hybridized carbons (Fsp3) is 0.875. The summed E-state index contributed by atoms with van der Waals surface area (Å²) in [7, 11) is 1.61. The molecule has 0 atom stereocenters. The molecule has 3 heteroatoms. The highest BCUT2D eigenvalue weighted by molar-refractivity contribution is 5.71. The van der Waals surface area contributed by atoms with E-state index in [1.54, 1.807) is 7.05 Å². The number of hydrogen-bond acceptors (Lipinski definition) is 2. The average molecular weight is 160 g/mol.